The quantitative estimate of drug-likeness (QED) is 0.605. The van der Waals surface area contributed by atoms with Crippen molar-refractivity contribution in [2.75, 3.05) is 6.54 Å². The van der Waals surface area contributed by atoms with Crippen molar-refractivity contribution in [3.05, 3.63) is 0 Å². The van der Waals surface area contributed by atoms with E-state index < -0.39 is 0 Å². The Morgan fingerprint density at radius 3 is 2.80 bits per heavy atom. The zero-order chi connectivity index (χ0) is 7.82. The average molecular weight is 142 g/mol. The molecule has 0 aliphatic rings. The molecular formula is C8H16NO. The molecule has 0 spiro atoms. The van der Waals surface area contributed by atoms with Gasteiger partial charge in [0.15, 0.2) is 6.29 Å². The first-order chi connectivity index (χ1) is 4.81. The average Bonchev–Trinajstić information content (AvgIpc) is 1.97. The van der Waals surface area contributed by atoms with Gasteiger partial charge in [0, 0.05) is 12.5 Å². The SMILES string of the molecule is CCCNC(C)CC[C]=O. The molecule has 0 fully saturated rings. The predicted molar refractivity (Wildman–Crippen MR) is 42.7 cm³/mol. The number of nitrogens with one attached hydrogen (secondary N) is 1. The van der Waals surface area contributed by atoms with Crippen molar-refractivity contribution < 1.29 is 4.79 Å². The summed E-state index contributed by atoms with van der Waals surface area (Å²) in [5.41, 5.74) is 0. The maximum atomic E-state index is 9.83. The molecule has 0 heterocycles. The third-order valence-corrected chi connectivity index (χ3v) is 1.42. The molecule has 0 aromatic heterocycles. The third-order valence-electron chi connectivity index (χ3n) is 1.42. The van der Waals surface area contributed by atoms with E-state index in [1.807, 2.05) is 6.29 Å². The van der Waals surface area contributed by atoms with Gasteiger partial charge in [0.25, 0.3) is 0 Å². The fourth-order valence-corrected chi connectivity index (χ4v) is 0.768. The topological polar surface area (TPSA) is 29.1 Å². The Bertz CT molecular complexity index is 83.3. The van der Waals surface area contributed by atoms with Crippen LogP contribution in [-0.2, 0) is 4.79 Å². The Hall–Kier alpha value is -0.370. The van der Waals surface area contributed by atoms with E-state index >= 15 is 0 Å². The maximum absolute atomic E-state index is 9.83. The van der Waals surface area contributed by atoms with Gasteiger partial charge in [-0.25, -0.2) is 0 Å². The minimum atomic E-state index is 0.460. The van der Waals surface area contributed by atoms with E-state index in [4.69, 9.17) is 0 Å². The van der Waals surface area contributed by atoms with Gasteiger partial charge in [-0.1, -0.05) is 6.92 Å². The molecule has 1 unspecified atom stereocenters. The highest BCUT2D eigenvalue weighted by Crippen LogP contribution is 1.92. The summed E-state index contributed by atoms with van der Waals surface area (Å²) in [5.74, 6) is 0. The minimum Gasteiger partial charge on any atom is -0.314 e. The molecule has 1 N–H and O–H groups in total. The van der Waals surface area contributed by atoms with Crippen LogP contribution in [-0.4, -0.2) is 18.9 Å². The largest absolute Gasteiger partial charge is 0.314 e. The van der Waals surface area contributed by atoms with E-state index in [2.05, 4.69) is 19.2 Å². The Balaban J connectivity index is 3.07. The molecule has 59 valence electrons. The van der Waals surface area contributed by atoms with E-state index in [1.165, 1.54) is 0 Å². The van der Waals surface area contributed by atoms with E-state index in [0.717, 1.165) is 19.4 Å². The lowest BCUT2D eigenvalue weighted by atomic mass is 10.2. The van der Waals surface area contributed by atoms with Crippen molar-refractivity contribution in [2.45, 2.75) is 39.2 Å². The second kappa shape index (κ2) is 6.75. The second-order valence-electron chi connectivity index (χ2n) is 2.54. The van der Waals surface area contributed by atoms with Crippen LogP contribution < -0.4 is 5.32 Å². The van der Waals surface area contributed by atoms with Crippen LogP contribution in [0.3, 0.4) is 0 Å². The molecule has 2 nitrogen and oxygen atoms in total. The van der Waals surface area contributed by atoms with Gasteiger partial charge >= 0.3 is 0 Å². The molecule has 1 atom stereocenters. The van der Waals surface area contributed by atoms with Gasteiger partial charge in [0.05, 0.1) is 0 Å². The van der Waals surface area contributed by atoms with Crippen molar-refractivity contribution in [2.24, 2.45) is 0 Å². The predicted octanol–water partition coefficient (Wildman–Crippen LogP) is 1.26. The first-order valence-electron chi connectivity index (χ1n) is 3.89. The summed E-state index contributed by atoms with van der Waals surface area (Å²) in [6, 6.07) is 0.460. The van der Waals surface area contributed by atoms with Gasteiger partial charge < -0.3 is 5.32 Å². The van der Waals surface area contributed by atoms with Gasteiger partial charge in [-0.05, 0) is 26.3 Å². The molecule has 0 rings (SSSR count). The summed E-state index contributed by atoms with van der Waals surface area (Å²) in [4.78, 5) is 9.83. The van der Waals surface area contributed by atoms with Crippen LogP contribution in [0.2, 0.25) is 0 Å². The highest BCUT2D eigenvalue weighted by atomic mass is 16.1. The Morgan fingerprint density at radius 2 is 2.30 bits per heavy atom. The second-order valence-corrected chi connectivity index (χ2v) is 2.54. The molecule has 10 heavy (non-hydrogen) atoms. The molecule has 0 amide bonds. The number of rotatable bonds is 6. The van der Waals surface area contributed by atoms with Crippen molar-refractivity contribution in [1.29, 1.82) is 0 Å². The van der Waals surface area contributed by atoms with Crippen LogP contribution in [0, 0.1) is 0 Å². The lowest BCUT2D eigenvalue weighted by Gasteiger charge is -2.09. The minimum absolute atomic E-state index is 0.460. The normalized spacial score (nSPS) is 13.0. The summed E-state index contributed by atoms with van der Waals surface area (Å²) in [6.07, 6.45) is 4.49. The van der Waals surface area contributed by atoms with Crippen molar-refractivity contribution in [3.8, 4) is 0 Å². The first kappa shape index (κ1) is 9.63. The van der Waals surface area contributed by atoms with Crippen LogP contribution in [0.5, 0.6) is 0 Å². The lowest BCUT2D eigenvalue weighted by molar-refractivity contribution is 0.503. The molecule has 0 saturated heterocycles. The van der Waals surface area contributed by atoms with Crippen molar-refractivity contribution in [3.63, 3.8) is 0 Å². The van der Waals surface area contributed by atoms with Gasteiger partial charge in [-0.2, -0.15) is 0 Å². The zero-order valence-corrected chi connectivity index (χ0v) is 6.81. The summed E-state index contributed by atoms with van der Waals surface area (Å²) >= 11 is 0. The highest BCUT2D eigenvalue weighted by molar-refractivity contribution is 5.50. The fourth-order valence-electron chi connectivity index (χ4n) is 0.768. The van der Waals surface area contributed by atoms with Gasteiger partial charge in [-0.3, -0.25) is 4.79 Å². The number of hydrogen-bond donors (Lipinski definition) is 1. The summed E-state index contributed by atoms with van der Waals surface area (Å²) in [7, 11) is 0. The molecule has 0 saturated carbocycles. The Kier molecular flexibility index (Phi) is 6.50. The van der Waals surface area contributed by atoms with Crippen LogP contribution in [0.15, 0.2) is 0 Å². The van der Waals surface area contributed by atoms with Crippen LogP contribution in [0.4, 0.5) is 0 Å². The van der Waals surface area contributed by atoms with Gasteiger partial charge in [0.1, 0.15) is 0 Å². The molecule has 0 aliphatic carbocycles. The highest BCUT2D eigenvalue weighted by Gasteiger charge is 1.97. The third kappa shape index (κ3) is 5.76. The smallest absolute Gasteiger partial charge is 0.198 e. The standard InChI is InChI=1S/C8H16NO/c1-3-6-9-8(2)5-4-7-10/h8-9H,3-6H2,1-2H3. The lowest BCUT2D eigenvalue weighted by Crippen LogP contribution is -2.26. The van der Waals surface area contributed by atoms with Crippen molar-refractivity contribution in [1.82, 2.24) is 5.32 Å². The van der Waals surface area contributed by atoms with Crippen molar-refractivity contribution >= 4 is 6.29 Å². The monoisotopic (exact) mass is 142 g/mol. The van der Waals surface area contributed by atoms with E-state index in [9.17, 15) is 4.79 Å². The summed E-state index contributed by atoms with van der Waals surface area (Å²) < 4.78 is 0. The van der Waals surface area contributed by atoms with Gasteiger partial charge in [0.2, 0.25) is 0 Å². The molecule has 0 bridgehead atoms. The van der Waals surface area contributed by atoms with Crippen LogP contribution in [0.1, 0.15) is 33.1 Å². The van der Waals surface area contributed by atoms with E-state index in [-0.39, 0.29) is 0 Å². The fraction of sp³-hybridized carbons (Fsp3) is 0.875. The van der Waals surface area contributed by atoms with E-state index in [1.54, 1.807) is 0 Å². The van der Waals surface area contributed by atoms with Crippen LogP contribution in [0.25, 0.3) is 0 Å². The molecule has 0 aromatic carbocycles. The molecule has 0 aliphatic heterocycles. The summed E-state index contributed by atoms with van der Waals surface area (Å²) in [6.45, 7) is 5.26. The zero-order valence-electron chi connectivity index (χ0n) is 6.81. The maximum Gasteiger partial charge on any atom is 0.198 e. The number of carbonyl (C=O) groups excluding carboxylic acids is 1. The van der Waals surface area contributed by atoms with E-state index in [0.29, 0.717) is 12.5 Å². The van der Waals surface area contributed by atoms with Crippen LogP contribution >= 0.6 is 0 Å². The molecular weight excluding hydrogens is 126 g/mol. The molecule has 0 aromatic rings. The Morgan fingerprint density at radius 1 is 1.60 bits per heavy atom. The number of hydrogen-bond acceptors (Lipinski definition) is 2. The summed E-state index contributed by atoms with van der Waals surface area (Å²) in [5, 5.41) is 3.29. The Labute approximate surface area is 63.0 Å². The molecule has 1 radical (unpaired) electrons. The molecule has 2 heteroatoms. The first-order valence-corrected chi connectivity index (χ1v) is 3.89. The van der Waals surface area contributed by atoms with Gasteiger partial charge in [-0.15, -0.1) is 0 Å².